The molecule has 0 radical (unpaired) electrons. The van der Waals surface area contributed by atoms with E-state index in [2.05, 4.69) is 9.82 Å². The molecule has 19 heavy (non-hydrogen) atoms. The first-order valence-corrected chi connectivity index (χ1v) is 7.64. The summed E-state index contributed by atoms with van der Waals surface area (Å²) in [5.41, 5.74) is 3.22. The summed E-state index contributed by atoms with van der Waals surface area (Å²) in [7, 11) is 1.55. The summed E-state index contributed by atoms with van der Waals surface area (Å²) < 4.78 is 34.1. The number of ether oxygens (including phenoxy) is 1. The van der Waals surface area contributed by atoms with Crippen LogP contribution in [0, 0.1) is 0 Å². The molecule has 1 aliphatic rings. The standard InChI is InChI=1S/C11H20N4O3S/c1-14(2)19(16,17)12-6-4-10-9-8-18-7-5-11(9)15(3)13-10/h12H,4-8H2,1-3H3. The molecule has 0 unspecified atom stereocenters. The highest BCUT2D eigenvalue weighted by Gasteiger charge is 2.20. The minimum atomic E-state index is -3.37. The van der Waals surface area contributed by atoms with Crippen molar-refractivity contribution in [2.24, 2.45) is 7.05 Å². The van der Waals surface area contributed by atoms with Crippen molar-refractivity contribution in [2.45, 2.75) is 19.4 Å². The lowest BCUT2D eigenvalue weighted by atomic mass is 10.1. The van der Waals surface area contributed by atoms with Crippen LogP contribution in [0.3, 0.4) is 0 Å². The predicted molar refractivity (Wildman–Crippen MR) is 70.9 cm³/mol. The van der Waals surface area contributed by atoms with E-state index in [1.54, 1.807) is 0 Å². The normalized spacial score (nSPS) is 15.8. The van der Waals surface area contributed by atoms with Gasteiger partial charge in [0.05, 0.1) is 18.9 Å². The highest BCUT2D eigenvalue weighted by atomic mass is 32.2. The van der Waals surface area contributed by atoms with Crippen LogP contribution in [0.25, 0.3) is 0 Å². The van der Waals surface area contributed by atoms with E-state index in [4.69, 9.17) is 4.74 Å². The minimum absolute atomic E-state index is 0.337. The molecule has 2 rings (SSSR count). The van der Waals surface area contributed by atoms with Crippen LogP contribution in [0.5, 0.6) is 0 Å². The lowest BCUT2D eigenvalue weighted by Crippen LogP contribution is -2.36. The van der Waals surface area contributed by atoms with Crippen LogP contribution in [-0.2, 0) is 41.4 Å². The summed E-state index contributed by atoms with van der Waals surface area (Å²) in [5.74, 6) is 0. The summed E-state index contributed by atoms with van der Waals surface area (Å²) in [5, 5.41) is 4.44. The van der Waals surface area contributed by atoms with Gasteiger partial charge < -0.3 is 4.74 Å². The second-order valence-corrected chi connectivity index (χ2v) is 6.70. The van der Waals surface area contributed by atoms with Gasteiger partial charge in [0, 0.05) is 51.8 Å². The van der Waals surface area contributed by atoms with Crippen LogP contribution >= 0.6 is 0 Å². The first kappa shape index (κ1) is 14.4. The first-order valence-electron chi connectivity index (χ1n) is 6.20. The van der Waals surface area contributed by atoms with Crippen LogP contribution in [0.1, 0.15) is 17.0 Å². The summed E-state index contributed by atoms with van der Waals surface area (Å²) >= 11 is 0. The number of hydrogen-bond acceptors (Lipinski definition) is 4. The number of fused-ring (bicyclic) bond motifs is 1. The lowest BCUT2D eigenvalue weighted by molar-refractivity contribution is 0.108. The molecule has 0 aromatic carbocycles. The average Bonchev–Trinajstić information content (AvgIpc) is 2.67. The van der Waals surface area contributed by atoms with Crippen LogP contribution in [0.4, 0.5) is 0 Å². The molecular weight excluding hydrogens is 268 g/mol. The van der Waals surface area contributed by atoms with Crippen molar-refractivity contribution in [1.82, 2.24) is 18.8 Å². The SMILES string of the molecule is CN(C)S(=O)(=O)NCCc1nn(C)c2c1COCC2. The Morgan fingerprint density at radius 2 is 2.21 bits per heavy atom. The smallest absolute Gasteiger partial charge is 0.278 e. The maximum Gasteiger partial charge on any atom is 0.278 e. The summed E-state index contributed by atoms with van der Waals surface area (Å²) in [4.78, 5) is 0. The van der Waals surface area contributed by atoms with E-state index in [1.165, 1.54) is 19.8 Å². The van der Waals surface area contributed by atoms with E-state index in [9.17, 15) is 8.42 Å². The predicted octanol–water partition coefficient (Wildman–Crippen LogP) is -0.569. The van der Waals surface area contributed by atoms with Gasteiger partial charge in [-0.05, 0) is 0 Å². The van der Waals surface area contributed by atoms with Gasteiger partial charge in [0.15, 0.2) is 0 Å². The summed E-state index contributed by atoms with van der Waals surface area (Å²) in [6, 6.07) is 0. The number of nitrogens with zero attached hydrogens (tertiary/aromatic N) is 3. The van der Waals surface area contributed by atoms with Crippen molar-refractivity contribution in [3.8, 4) is 0 Å². The minimum Gasteiger partial charge on any atom is -0.376 e. The number of hydrogen-bond donors (Lipinski definition) is 1. The Bertz CT molecular complexity index is 551. The van der Waals surface area contributed by atoms with E-state index < -0.39 is 10.2 Å². The van der Waals surface area contributed by atoms with E-state index in [0.717, 1.165) is 28.6 Å². The summed E-state index contributed by atoms with van der Waals surface area (Å²) in [6.07, 6.45) is 1.43. The number of aryl methyl sites for hydroxylation is 1. The average molecular weight is 288 g/mol. The highest BCUT2D eigenvalue weighted by Crippen LogP contribution is 2.20. The maximum absolute atomic E-state index is 11.6. The van der Waals surface area contributed by atoms with Crippen LogP contribution in [0.15, 0.2) is 0 Å². The molecule has 8 heteroatoms. The fourth-order valence-corrected chi connectivity index (χ4v) is 2.73. The third-order valence-electron chi connectivity index (χ3n) is 3.21. The third-order valence-corrected chi connectivity index (χ3v) is 4.74. The van der Waals surface area contributed by atoms with E-state index >= 15 is 0 Å². The van der Waals surface area contributed by atoms with Gasteiger partial charge in [-0.2, -0.15) is 17.8 Å². The van der Waals surface area contributed by atoms with Crippen LogP contribution in [0.2, 0.25) is 0 Å². The molecule has 0 fully saturated rings. The summed E-state index contributed by atoms with van der Waals surface area (Å²) in [6.45, 7) is 1.63. The van der Waals surface area contributed by atoms with Crippen molar-refractivity contribution >= 4 is 10.2 Å². The molecule has 7 nitrogen and oxygen atoms in total. The van der Waals surface area contributed by atoms with Crippen molar-refractivity contribution in [2.75, 3.05) is 27.2 Å². The molecule has 0 saturated heterocycles. The van der Waals surface area contributed by atoms with Crippen molar-refractivity contribution in [1.29, 1.82) is 0 Å². The van der Waals surface area contributed by atoms with Gasteiger partial charge in [0.2, 0.25) is 0 Å². The second-order valence-electron chi connectivity index (χ2n) is 4.73. The highest BCUT2D eigenvalue weighted by molar-refractivity contribution is 7.87. The van der Waals surface area contributed by atoms with Gasteiger partial charge >= 0.3 is 0 Å². The molecule has 2 heterocycles. The Hall–Kier alpha value is -0.960. The van der Waals surface area contributed by atoms with Gasteiger partial charge in [-0.3, -0.25) is 4.68 Å². The molecule has 0 amide bonds. The van der Waals surface area contributed by atoms with E-state index in [1.807, 2.05) is 11.7 Å². The second kappa shape index (κ2) is 5.58. The third kappa shape index (κ3) is 3.14. The van der Waals surface area contributed by atoms with Gasteiger partial charge in [-0.1, -0.05) is 0 Å². The molecule has 0 aliphatic carbocycles. The zero-order chi connectivity index (χ0) is 14.0. The Morgan fingerprint density at radius 1 is 1.47 bits per heavy atom. The monoisotopic (exact) mass is 288 g/mol. The maximum atomic E-state index is 11.6. The first-order chi connectivity index (χ1) is 8.92. The molecule has 108 valence electrons. The molecule has 1 aliphatic heterocycles. The topological polar surface area (TPSA) is 76.5 Å². The van der Waals surface area contributed by atoms with E-state index in [0.29, 0.717) is 19.6 Å². The molecule has 0 bridgehead atoms. The van der Waals surface area contributed by atoms with Crippen molar-refractivity contribution in [3.63, 3.8) is 0 Å². The largest absolute Gasteiger partial charge is 0.376 e. The number of nitrogens with one attached hydrogen (secondary N) is 1. The Kier molecular flexibility index (Phi) is 4.24. The van der Waals surface area contributed by atoms with Crippen LogP contribution < -0.4 is 4.72 Å². The van der Waals surface area contributed by atoms with Gasteiger partial charge in [0.25, 0.3) is 10.2 Å². The molecule has 0 atom stereocenters. The Balaban J connectivity index is 2.01. The molecular formula is C11H20N4O3S. The quantitative estimate of drug-likeness (QED) is 0.787. The molecule has 0 saturated carbocycles. The van der Waals surface area contributed by atoms with Crippen molar-refractivity contribution < 1.29 is 13.2 Å². The Labute approximate surface area is 113 Å². The van der Waals surface area contributed by atoms with Crippen molar-refractivity contribution in [3.05, 3.63) is 17.0 Å². The fourth-order valence-electron chi connectivity index (χ4n) is 2.11. The molecule has 1 aromatic rings. The molecule has 0 spiro atoms. The molecule has 1 aromatic heterocycles. The van der Waals surface area contributed by atoms with Gasteiger partial charge in [-0.15, -0.1) is 0 Å². The lowest BCUT2D eigenvalue weighted by Gasteiger charge is -2.14. The van der Waals surface area contributed by atoms with Gasteiger partial charge in [-0.25, -0.2) is 4.72 Å². The Morgan fingerprint density at radius 3 is 2.89 bits per heavy atom. The van der Waals surface area contributed by atoms with Gasteiger partial charge in [0.1, 0.15) is 0 Å². The van der Waals surface area contributed by atoms with E-state index in [-0.39, 0.29) is 0 Å². The number of rotatable bonds is 5. The fraction of sp³-hybridized carbons (Fsp3) is 0.727. The number of aromatic nitrogens is 2. The zero-order valence-electron chi connectivity index (χ0n) is 11.5. The zero-order valence-corrected chi connectivity index (χ0v) is 12.3. The molecule has 1 N–H and O–H groups in total. The van der Waals surface area contributed by atoms with Crippen LogP contribution in [-0.4, -0.2) is 49.8 Å².